The molecule has 1 aromatic rings. The van der Waals surface area contributed by atoms with Crippen molar-refractivity contribution in [1.82, 2.24) is 10.6 Å². The normalized spacial score (nSPS) is 12.9. The van der Waals surface area contributed by atoms with E-state index in [1.807, 2.05) is 32.0 Å². The zero-order valence-electron chi connectivity index (χ0n) is 12.7. The van der Waals surface area contributed by atoms with Gasteiger partial charge in [0.2, 0.25) is 5.91 Å². The molecule has 2 N–H and O–H groups in total. The van der Waals surface area contributed by atoms with E-state index in [0.717, 1.165) is 4.90 Å². The summed E-state index contributed by atoms with van der Waals surface area (Å²) in [5.41, 5.74) is 0. The number of hydrogen-bond acceptors (Lipinski definition) is 5. The minimum atomic E-state index is -0.457. The first-order chi connectivity index (χ1) is 10.5. The number of benzene rings is 1. The average Bonchev–Trinajstić information content (AvgIpc) is 2.50. The number of hydrogen-bond donors (Lipinski definition) is 2. The molecule has 1 aliphatic heterocycles. The predicted octanol–water partition coefficient (Wildman–Crippen LogP) is 2.03. The predicted molar refractivity (Wildman–Crippen MR) is 84.5 cm³/mol. The van der Waals surface area contributed by atoms with Crippen molar-refractivity contribution in [1.29, 1.82) is 0 Å². The van der Waals surface area contributed by atoms with Crippen LogP contribution in [0, 0.1) is 5.92 Å². The number of rotatable bonds is 5. The molecule has 0 bridgehead atoms. The van der Waals surface area contributed by atoms with Gasteiger partial charge < -0.3 is 14.8 Å². The van der Waals surface area contributed by atoms with Crippen LogP contribution in [-0.4, -0.2) is 37.4 Å². The second-order valence-electron chi connectivity index (χ2n) is 5.25. The van der Waals surface area contributed by atoms with Crippen LogP contribution in [0.1, 0.15) is 13.8 Å². The summed E-state index contributed by atoms with van der Waals surface area (Å²) in [6.07, 6.45) is 0. The first-order valence-electron chi connectivity index (χ1n) is 7.14. The van der Waals surface area contributed by atoms with Crippen LogP contribution in [0.5, 0.6) is 11.5 Å². The maximum absolute atomic E-state index is 11.7. The number of carbonyl (C=O) groups excluding carboxylic acids is 2. The first-order valence-corrected chi connectivity index (χ1v) is 8.13. The Balaban J connectivity index is 1.77. The number of amides is 3. The summed E-state index contributed by atoms with van der Waals surface area (Å²) in [4.78, 5) is 24.1. The summed E-state index contributed by atoms with van der Waals surface area (Å²) in [6.45, 7) is 5.58. The van der Waals surface area contributed by atoms with Crippen LogP contribution < -0.4 is 20.1 Å². The molecule has 0 saturated heterocycles. The Morgan fingerprint density at radius 3 is 2.68 bits per heavy atom. The van der Waals surface area contributed by atoms with E-state index in [1.165, 1.54) is 11.8 Å². The lowest BCUT2D eigenvalue weighted by atomic mass is 10.2. The Labute approximate surface area is 133 Å². The third-order valence-electron chi connectivity index (χ3n) is 2.81. The maximum Gasteiger partial charge on any atom is 0.321 e. The van der Waals surface area contributed by atoms with E-state index < -0.39 is 6.03 Å². The van der Waals surface area contributed by atoms with Gasteiger partial charge in [-0.3, -0.25) is 10.1 Å². The Hall–Kier alpha value is -1.89. The highest BCUT2D eigenvalue weighted by molar-refractivity contribution is 8.00. The molecule has 22 heavy (non-hydrogen) atoms. The number of ether oxygens (including phenoxy) is 2. The van der Waals surface area contributed by atoms with Crippen LogP contribution in [0.15, 0.2) is 23.1 Å². The van der Waals surface area contributed by atoms with Gasteiger partial charge >= 0.3 is 6.03 Å². The fourth-order valence-electron chi connectivity index (χ4n) is 1.77. The van der Waals surface area contributed by atoms with E-state index in [0.29, 0.717) is 37.2 Å². The van der Waals surface area contributed by atoms with Crippen molar-refractivity contribution in [2.75, 3.05) is 25.5 Å². The van der Waals surface area contributed by atoms with Crippen molar-refractivity contribution in [2.45, 2.75) is 18.7 Å². The van der Waals surface area contributed by atoms with Crippen molar-refractivity contribution in [3.63, 3.8) is 0 Å². The second kappa shape index (κ2) is 7.93. The van der Waals surface area contributed by atoms with E-state index in [2.05, 4.69) is 10.6 Å². The first kappa shape index (κ1) is 16.5. The molecule has 7 heteroatoms. The molecule has 0 spiro atoms. The second-order valence-corrected chi connectivity index (χ2v) is 6.29. The minimum absolute atomic E-state index is 0.161. The largest absolute Gasteiger partial charge is 0.486 e. The Morgan fingerprint density at radius 2 is 1.95 bits per heavy atom. The van der Waals surface area contributed by atoms with Crippen molar-refractivity contribution >= 4 is 23.7 Å². The molecule has 6 nitrogen and oxygen atoms in total. The van der Waals surface area contributed by atoms with Crippen LogP contribution >= 0.6 is 11.8 Å². The zero-order chi connectivity index (χ0) is 15.9. The molecule has 0 aliphatic carbocycles. The summed E-state index contributed by atoms with van der Waals surface area (Å²) >= 11 is 1.34. The Morgan fingerprint density at radius 1 is 1.23 bits per heavy atom. The molecule has 2 rings (SSSR count). The molecule has 1 aromatic carbocycles. The molecule has 0 saturated carbocycles. The average molecular weight is 324 g/mol. The Bertz CT molecular complexity index is 548. The smallest absolute Gasteiger partial charge is 0.321 e. The highest BCUT2D eigenvalue weighted by Crippen LogP contribution is 2.33. The van der Waals surface area contributed by atoms with Gasteiger partial charge in [-0.2, -0.15) is 0 Å². The molecule has 0 fully saturated rings. The van der Waals surface area contributed by atoms with Crippen LogP contribution in [0.4, 0.5) is 4.79 Å². The summed E-state index contributed by atoms with van der Waals surface area (Å²) in [5, 5.41) is 4.94. The van der Waals surface area contributed by atoms with E-state index in [4.69, 9.17) is 9.47 Å². The quantitative estimate of drug-likeness (QED) is 0.811. The van der Waals surface area contributed by atoms with Crippen LogP contribution in [0.3, 0.4) is 0 Å². The Kier molecular flexibility index (Phi) is 5.94. The number of nitrogens with one attached hydrogen (secondary N) is 2. The number of fused-ring (bicyclic) bond motifs is 1. The SMILES string of the molecule is CC(C)CNC(=O)NC(=O)CSc1ccc2c(c1)OCCO2. The van der Waals surface area contributed by atoms with E-state index >= 15 is 0 Å². The van der Waals surface area contributed by atoms with Gasteiger partial charge in [-0.05, 0) is 24.1 Å². The molecule has 0 aromatic heterocycles. The molecule has 3 amide bonds. The lowest BCUT2D eigenvalue weighted by molar-refractivity contribution is -0.117. The third kappa shape index (κ3) is 5.14. The number of urea groups is 1. The van der Waals surface area contributed by atoms with Gasteiger partial charge in [0.1, 0.15) is 13.2 Å². The highest BCUT2D eigenvalue weighted by Gasteiger charge is 2.13. The van der Waals surface area contributed by atoms with Gasteiger partial charge in [-0.1, -0.05) is 13.8 Å². The fraction of sp³-hybridized carbons (Fsp3) is 0.467. The van der Waals surface area contributed by atoms with Crippen LogP contribution in [0.2, 0.25) is 0 Å². The van der Waals surface area contributed by atoms with E-state index in [-0.39, 0.29) is 11.7 Å². The van der Waals surface area contributed by atoms with Crippen molar-refractivity contribution in [3.05, 3.63) is 18.2 Å². The van der Waals surface area contributed by atoms with Gasteiger partial charge in [0, 0.05) is 11.4 Å². The topological polar surface area (TPSA) is 76.7 Å². The maximum atomic E-state index is 11.7. The molecular weight excluding hydrogens is 304 g/mol. The summed E-state index contributed by atoms with van der Waals surface area (Å²) in [5.74, 6) is 1.57. The van der Waals surface area contributed by atoms with Crippen LogP contribution in [0.25, 0.3) is 0 Å². The van der Waals surface area contributed by atoms with E-state index in [9.17, 15) is 9.59 Å². The van der Waals surface area contributed by atoms with Gasteiger partial charge in [0.15, 0.2) is 11.5 Å². The monoisotopic (exact) mass is 324 g/mol. The molecule has 0 unspecified atom stereocenters. The molecular formula is C15H20N2O4S. The van der Waals surface area contributed by atoms with Crippen LogP contribution in [-0.2, 0) is 4.79 Å². The zero-order valence-corrected chi connectivity index (χ0v) is 13.5. The van der Waals surface area contributed by atoms with Crippen molar-refractivity contribution in [2.24, 2.45) is 5.92 Å². The van der Waals surface area contributed by atoms with Gasteiger partial charge in [-0.15, -0.1) is 11.8 Å². The summed E-state index contributed by atoms with van der Waals surface area (Å²) < 4.78 is 10.9. The summed E-state index contributed by atoms with van der Waals surface area (Å²) in [6, 6.07) is 5.07. The fourth-order valence-corrected chi connectivity index (χ4v) is 2.49. The van der Waals surface area contributed by atoms with Gasteiger partial charge in [-0.25, -0.2) is 4.79 Å². The molecule has 120 valence electrons. The third-order valence-corrected chi connectivity index (χ3v) is 3.80. The number of imide groups is 1. The summed E-state index contributed by atoms with van der Waals surface area (Å²) in [7, 11) is 0. The van der Waals surface area contributed by atoms with E-state index in [1.54, 1.807) is 0 Å². The molecule has 0 atom stereocenters. The number of carbonyl (C=O) groups is 2. The highest BCUT2D eigenvalue weighted by atomic mass is 32.2. The van der Waals surface area contributed by atoms with Crippen molar-refractivity contribution in [3.8, 4) is 11.5 Å². The lowest BCUT2D eigenvalue weighted by Crippen LogP contribution is -2.41. The lowest BCUT2D eigenvalue weighted by Gasteiger charge is -2.18. The van der Waals surface area contributed by atoms with Gasteiger partial charge in [0.05, 0.1) is 5.75 Å². The molecule has 0 radical (unpaired) electrons. The molecule has 1 aliphatic rings. The standard InChI is InChI=1S/C15H20N2O4S/c1-10(2)8-16-15(19)17-14(18)9-22-11-3-4-12-13(7-11)21-6-5-20-12/h3-4,7,10H,5-6,8-9H2,1-2H3,(H2,16,17,18,19). The number of thioether (sulfide) groups is 1. The minimum Gasteiger partial charge on any atom is -0.486 e. The molecule has 1 heterocycles. The van der Waals surface area contributed by atoms with Crippen molar-refractivity contribution < 1.29 is 19.1 Å². The van der Waals surface area contributed by atoms with Gasteiger partial charge in [0.25, 0.3) is 0 Å².